The normalized spacial score (nSPS) is 23.9. The van der Waals surface area contributed by atoms with E-state index in [1.165, 1.54) is 7.11 Å². The molecule has 1 aliphatic carbocycles. The molecule has 5 nitrogen and oxygen atoms in total. The number of furan rings is 1. The summed E-state index contributed by atoms with van der Waals surface area (Å²) in [7, 11) is 1.32. The van der Waals surface area contributed by atoms with Gasteiger partial charge in [-0.2, -0.15) is 0 Å². The smallest absolute Gasteiger partial charge is 0.373 e. The van der Waals surface area contributed by atoms with Crippen molar-refractivity contribution in [3.05, 3.63) is 23.7 Å². The van der Waals surface area contributed by atoms with Crippen LogP contribution in [0, 0.1) is 0 Å². The van der Waals surface area contributed by atoms with Gasteiger partial charge < -0.3 is 19.6 Å². The second kappa shape index (κ2) is 6.02. The topological polar surface area (TPSA) is 71.7 Å². The number of carbonyl (C=O) groups excluding carboxylic acids is 1. The minimum Gasteiger partial charge on any atom is -0.463 e. The fourth-order valence-electron chi connectivity index (χ4n) is 2.26. The first-order chi connectivity index (χ1) is 8.70. The molecule has 100 valence electrons. The predicted octanol–water partition coefficient (Wildman–Crippen LogP) is 1.46. The summed E-state index contributed by atoms with van der Waals surface area (Å²) in [5.41, 5.74) is 0. The number of methoxy groups -OCH3 is 1. The highest BCUT2D eigenvalue weighted by molar-refractivity contribution is 5.86. The minimum absolute atomic E-state index is 0.116. The van der Waals surface area contributed by atoms with E-state index in [1.54, 1.807) is 12.1 Å². The summed E-state index contributed by atoms with van der Waals surface area (Å²) < 4.78 is 9.91. The number of rotatable bonds is 4. The Balaban J connectivity index is 1.86. The lowest BCUT2D eigenvalue weighted by molar-refractivity contribution is 0.0561. The van der Waals surface area contributed by atoms with E-state index >= 15 is 0 Å². The van der Waals surface area contributed by atoms with Gasteiger partial charge in [-0.1, -0.05) is 12.8 Å². The first-order valence-electron chi connectivity index (χ1n) is 6.29. The van der Waals surface area contributed by atoms with E-state index in [-0.39, 0.29) is 17.9 Å². The van der Waals surface area contributed by atoms with E-state index in [1.807, 2.05) is 0 Å². The van der Waals surface area contributed by atoms with Crippen molar-refractivity contribution in [3.63, 3.8) is 0 Å². The number of hydrogen-bond acceptors (Lipinski definition) is 5. The Hall–Kier alpha value is -1.33. The molecule has 2 unspecified atom stereocenters. The van der Waals surface area contributed by atoms with Crippen molar-refractivity contribution in [3.8, 4) is 0 Å². The molecule has 5 heteroatoms. The summed E-state index contributed by atoms with van der Waals surface area (Å²) in [5, 5.41) is 13.1. The third-order valence-electron chi connectivity index (χ3n) is 3.32. The number of aliphatic hydroxyl groups excluding tert-OH is 1. The van der Waals surface area contributed by atoms with Gasteiger partial charge in [0.15, 0.2) is 0 Å². The fourth-order valence-corrected chi connectivity index (χ4v) is 2.26. The molecule has 1 aromatic rings. The van der Waals surface area contributed by atoms with Crippen LogP contribution in [0.4, 0.5) is 0 Å². The number of carbonyl (C=O) groups is 1. The lowest BCUT2D eigenvalue weighted by atomic mass is 9.92. The Morgan fingerprint density at radius 2 is 2.28 bits per heavy atom. The average Bonchev–Trinajstić information content (AvgIpc) is 2.86. The molecule has 2 N–H and O–H groups in total. The maximum Gasteiger partial charge on any atom is 0.373 e. The molecule has 0 amide bonds. The van der Waals surface area contributed by atoms with Gasteiger partial charge in [0.2, 0.25) is 5.76 Å². The molecule has 0 spiro atoms. The molecular formula is C13H19NO4. The number of hydrogen-bond donors (Lipinski definition) is 2. The highest BCUT2D eigenvalue weighted by Gasteiger charge is 2.22. The van der Waals surface area contributed by atoms with Gasteiger partial charge in [-0.25, -0.2) is 4.79 Å². The van der Waals surface area contributed by atoms with Crippen LogP contribution in [0.5, 0.6) is 0 Å². The van der Waals surface area contributed by atoms with Crippen LogP contribution in [0.15, 0.2) is 16.5 Å². The van der Waals surface area contributed by atoms with E-state index in [0.717, 1.165) is 25.7 Å². The minimum atomic E-state index is -0.473. The van der Waals surface area contributed by atoms with Gasteiger partial charge >= 0.3 is 5.97 Å². The molecule has 1 aromatic heterocycles. The van der Waals surface area contributed by atoms with E-state index < -0.39 is 5.97 Å². The predicted molar refractivity (Wildman–Crippen MR) is 65.2 cm³/mol. The molecule has 0 saturated heterocycles. The van der Waals surface area contributed by atoms with Crippen molar-refractivity contribution >= 4 is 5.97 Å². The molecule has 1 fully saturated rings. The second-order valence-electron chi connectivity index (χ2n) is 4.60. The quantitative estimate of drug-likeness (QED) is 0.795. The Morgan fingerprint density at radius 1 is 1.50 bits per heavy atom. The second-order valence-corrected chi connectivity index (χ2v) is 4.60. The lowest BCUT2D eigenvalue weighted by Crippen LogP contribution is -2.41. The van der Waals surface area contributed by atoms with Gasteiger partial charge in [-0.3, -0.25) is 0 Å². The van der Waals surface area contributed by atoms with E-state index in [4.69, 9.17) is 4.42 Å². The zero-order valence-corrected chi connectivity index (χ0v) is 10.5. The van der Waals surface area contributed by atoms with Crippen molar-refractivity contribution in [1.29, 1.82) is 0 Å². The Kier molecular flexibility index (Phi) is 4.38. The van der Waals surface area contributed by atoms with Crippen LogP contribution in [0.2, 0.25) is 0 Å². The van der Waals surface area contributed by atoms with Crippen LogP contribution in [-0.2, 0) is 11.3 Å². The van der Waals surface area contributed by atoms with E-state index in [2.05, 4.69) is 10.1 Å². The summed E-state index contributed by atoms with van der Waals surface area (Å²) in [4.78, 5) is 11.2. The lowest BCUT2D eigenvalue weighted by Gasteiger charge is -2.28. The highest BCUT2D eigenvalue weighted by atomic mass is 16.5. The van der Waals surface area contributed by atoms with Gasteiger partial charge in [-0.15, -0.1) is 0 Å². The van der Waals surface area contributed by atoms with Crippen molar-refractivity contribution in [2.45, 2.75) is 44.4 Å². The van der Waals surface area contributed by atoms with E-state index in [9.17, 15) is 9.90 Å². The summed E-state index contributed by atoms with van der Waals surface area (Å²) >= 11 is 0. The summed E-state index contributed by atoms with van der Waals surface area (Å²) in [6.07, 6.45) is 3.77. The standard InChI is InChI=1S/C13H19NO4/c1-17-13(16)12-7-6-9(18-12)8-14-10-4-2-3-5-11(10)15/h6-7,10-11,14-15H,2-5,8H2,1H3. The van der Waals surface area contributed by atoms with Gasteiger partial charge in [0, 0.05) is 6.04 Å². The van der Waals surface area contributed by atoms with Crippen LogP contribution in [0.3, 0.4) is 0 Å². The summed E-state index contributed by atoms with van der Waals surface area (Å²) in [6.45, 7) is 0.513. The molecule has 1 aliphatic rings. The van der Waals surface area contributed by atoms with Gasteiger partial charge in [0.05, 0.1) is 19.8 Å². The largest absolute Gasteiger partial charge is 0.463 e. The van der Waals surface area contributed by atoms with Crippen molar-refractivity contribution in [1.82, 2.24) is 5.32 Å². The molecule has 1 saturated carbocycles. The van der Waals surface area contributed by atoms with E-state index in [0.29, 0.717) is 12.3 Å². The zero-order valence-electron chi connectivity index (χ0n) is 10.5. The van der Waals surface area contributed by atoms with Crippen LogP contribution in [0.1, 0.15) is 42.0 Å². The zero-order chi connectivity index (χ0) is 13.0. The number of nitrogens with one attached hydrogen (secondary N) is 1. The molecule has 0 aromatic carbocycles. The average molecular weight is 253 g/mol. The van der Waals surface area contributed by atoms with Crippen LogP contribution >= 0.6 is 0 Å². The highest BCUT2D eigenvalue weighted by Crippen LogP contribution is 2.19. The maximum atomic E-state index is 11.2. The van der Waals surface area contributed by atoms with Crippen molar-refractivity contribution in [2.75, 3.05) is 7.11 Å². The summed E-state index contributed by atoms with van der Waals surface area (Å²) in [5.74, 6) is 0.408. The van der Waals surface area contributed by atoms with Crippen LogP contribution < -0.4 is 5.32 Å². The molecule has 18 heavy (non-hydrogen) atoms. The third kappa shape index (κ3) is 3.11. The molecule has 2 atom stereocenters. The number of ether oxygens (including phenoxy) is 1. The van der Waals surface area contributed by atoms with Gasteiger partial charge in [0.1, 0.15) is 5.76 Å². The molecule has 0 bridgehead atoms. The maximum absolute atomic E-state index is 11.2. The Bertz CT molecular complexity index is 401. The number of aliphatic hydroxyl groups is 1. The van der Waals surface area contributed by atoms with Crippen molar-refractivity contribution in [2.24, 2.45) is 0 Å². The molecule has 1 heterocycles. The van der Waals surface area contributed by atoms with Gasteiger partial charge in [-0.05, 0) is 25.0 Å². The summed E-state index contributed by atoms with van der Waals surface area (Å²) in [6, 6.07) is 3.46. The fraction of sp³-hybridized carbons (Fsp3) is 0.615. The molecule has 2 rings (SSSR count). The van der Waals surface area contributed by atoms with Crippen molar-refractivity contribution < 1.29 is 19.1 Å². The number of esters is 1. The third-order valence-corrected chi connectivity index (χ3v) is 3.32. The molecular weight excluding hydrogens is 234 g/mol. The Morgan fingerprint density at radius 3 is 3.00 bits per heavy atom. The van der Waals surface area contributed by atoms with Crippen LogP contribution in [0.25, 0.3) is 0 Å². The first-order valence-corrected chi connectivity index (χ1v) is 6.29. The SMILES string of the molecule is COC(=O)c1ccc(CNC2CCCCC2O)o1. The molecule has 0 aliphatic heterocycles. The van der Waals surface area contributed by atoms with Crippen LogP contribution in [-0.4, -0.2) is 30.3 Å². The Labute approximate surface area is 106 Å². The monoisotopic (exact) mass is 253 g/mol. The van der Waals surface area contributed by atoms with Gasteiger partial charge in [0.25, 0.3) is 0 Å². The molecule has 0 radical (unpaired) electrons. The first kappa shape index (κ1) is 13.1.